The first-order valence-corrected chi connectivity index (χ1v) is 5.33. The highest BCUT2D eigenvalue weighted by Gasteiger charge is 2.29. The van der Waals surface area contributed by atoms with Crippen molar-refractivity contribution in [2.24, 2.45) is 5.73 Å². The number of urea groups is 1. The summed E-state index contributed by atoms with van der Waals surface area (Å²) in [6.07, 6.45) is -4.47. The summed E-state index contributed by atoms with van der Waals surface area (Å²) in [5.41, 5.74) is 3.44. The molecule has 0 bridgehead atoms. The van der Waals surface area contributed by atoms with Gasteiger partial charge in [-0.25, -0.2) is 4.79 Å². The van der Waals surface area contributed by atoms with E-state index in [0.717, 1.165) is 24.3 Å². The zero-order valence-electron chi connectivity index (χ0n) is 10.3. The number of nitriles is 2. The largest absolute Gasteiger partial charge is 0.416 e. The second-order valence-corrected chi connectivity index (χ2v) is 3.67. The lowest BCUT2D eigenvalue weighted by Crippen LogP contribution is -2.29. The molecular weight excluding hydrogens is 287 g/mol. The molecule has 0 saturated carbocycles. The minimum absolute atomic E-state index is 0.0771. The molecule has 1 aromatic rings. The molecule has 0 radical (unpaired) electrons. The predicted molar refractivity (Wildman–Crippen MR) is 66.0 cm³/mol. The standard InChI is InChI=1S/C12H8F3N5O/c13-12(14,15)7-1-3-8(4-2-7)19-11(21)20-10(6-17)9(18)5-16/h1-4H,18H2,(H2,19,20,21)/b10-9-. The third-order valence-corrected chi connectivity index (χ3v) is 2.21. The van der Waals surface area contributed by atoms with Crippen molar-refractivity contribution in [3.05, 3.63) is 41.2 Å². The summed E-state index contributed by atoms with van der Waals surface area (Å²) >= 11 is 0. The number of nitrogens with two attached hydrogens (primary N) is 1. The van der Waals surface area contributed by atoms with Gasteiger partial charge >= 0.3 is 12.2 Å². The van der Waals surface area contributed by atoms with Crippen LogP contribution in [0.2, 0.25) is 0 Å². The Kier molecular flexibility index (Phi) is 4.76. The van der Waals surface area contributed by atoms with Crippen LogP contribution < -0.4 is 16.4 Å². The molecule has 0 heterocycles. The Labute approximate surface area is 117 Å². The van der Waals surface area contributed by atoms with Crippen LogP contribution in [-0.4, -0.2) is 6.03 Å². The minimum Gasteiger partial charge on any atom is -0.388 e. The number of allylic oxidation sites excluding steroid dienone is 2. The Bertz CT molecular complexity index is 649. The van der Waals surface area contributed by atoms with E-state index in [-0.39, 0.29) is 5.69 Å². The molecule has 0 unspecified atom stereocenters. The van der Waals surface area contributed by atoms with Gasteiger partial charge in [0.1, 0.15) is 17.8 Å². The van der Waals surface area contributed by atoms with Gasteiger partial charge in [-0.15, -0.1) is 0 Å². The summed E-state index contributed by atoms with van der Waals surface area (Å²) in [6, 6.07) is 5.75. The zero-order valence-corrected chi connectivity index (χ0v) is 10.3. The summed E-state index contributed by atoms with van der Waals surface area (Å²) in [6.45, 7) is 0. The van der Waals surface area contributed by atoms with Gasteiger partial charge in [0.15, 0.2) is 5.70 Å². The van der Waals surface area contributed by atoms with E-state index in [1.807, 2.05) is 5.32 Å². The van der Waals surface area contributed by atoms with Crippen LogP contribution in [0.5, 0.6) is 0 Å². The Morgan fingerprint density at radius 1 is 1.14 bits per heavy atom. The SMILES string of the molecule is N#C/C(N)=C(\C#N)NC(=O)Nc1ccc(C(F)(F)F)cc1. The molecule has 0 aliphatic carbocycles. The van der Waals surface area contributed by atoms with Gasteiger partial charge in [-0.3, -0.25) is 5.32 Å². The normalized spacial score (nSPS) is 11.7. The van der Waals surface area contributed by atoms with Crippen LogP contribution in [0.4, 0.5) is 23.7 Å². The number of nitrogens with one attached hydrogen (secondary N) is 2. The summed E-state index contributed by atoms with van der Waals surface area (Å²) in [4.78, 5) is 11.5. The quantitative estimate of drug-likeness (QED) is 0.724. The van der Waals surface area contributed by atoms with E-state index in [1.165, 1.54) is 12.1 Å². The van der Waals surface area contributed by atoms with Crippen LogP contribution in [0.3, 0.4) is 0 Å². The molecule has 0 fully saturated rings. The highest BCUT2D eigenvalue weighted by molar-refractivity contribution is 5.91. The second-order valence-electron chi connectivity index (χ2n) is 3.67. The van der Waals surface area contributed by atoms with Crippen LogP contribution in [0.15, 0.2) is 35.7 Å². The molecule has 6 nitrogen and oxygen atoms in total. The number of hydrogen-bond acceptors (Lipinski definition) is 4. The third kappa shape index (κ3) is 4.44. The number of amides is 2. The lowest BCUT2D eigenvalue weighted by molar-refractivity contribution is -0.137. The van der Waals surface area contributed by atoms with Crippen LogP contribution in [0.25, 0.3) is 0 Å². The number of carbonyl (C=O) groups excluding carboxylic acids is 1. The van der Waals surface area contributed by atoms with E-state index < -0.39 is 29.2 Å². The van der Waals surface area contributed by atoms with Gasteiger partial charge in [0, 0.05) is 5.69 Å². The summed E-state index contributed by atoms with van der Waals surface area (Å²) in [5.74, 6) is 0. The Morgan fingerprint density at radius 2 is 1.71 bits per heavy atom. The maximum atomic E-state index is 12.3. The first kappa shape index (κ1) is 15.9. The predicted octanol–water partition coefficient (Wildman–Crippen LogP) is 2.04. The summed E-state index contributed by atoms with van der Waals surface area (Å²) < 4.78 is 37.0. The van der Waals surface area contributed by atoms with Crippen LogP contribution >= 0.6 is 0 Å². The molecule has 0 spiro atoms. The molecule has 1 rings (SSSR count). The van der Waals surface area contributed by atoms with Crippen LogP contribution in [0, 0.1) is 22.7 Å². The van der Waals surface area contributed by atoms with Gasteiger partial charge in [-0.2, -0.15) is 23.7 Å². The van der Waals surface area contributed by atoms with E-state index in [9.17, 15) is 18.0 Å². The lowest BCUT2D eigenvalue weighted by atomic mass is 10.2. The smallest absolute Gasteiger partial charge is 0.388 e. The van der Waals surface area contributed by atoms with Crippen molar-refractivity contribution in [2.45, 2.75) is 6.18 Å². The fourth-order valence-electron chi connectivity index (χ4n) is 1.23. The van der Waals surface area contributed by atoms with Crippen molar-refractivity contribution >= 4 is 11.7 Å². The maximum Gasteiger partial charge on any atom is 0.416 e. The fraction of sp³-hybridized carbons (Fsp3) is 0.0833. The Hall–Kier alpha value is -3.20. The number of carbonyl (C=O) groups is 1. The first-order chi connectivity index (χ1) is 9.77. The van der Waals surface area contributed by atoms with E-state index in [0.29, 0.717) is 0 Å². The van der Waals surface area contributed by atoms with Gasteiger partial charge in [0.25, 0.3) is 0 Å². The van der Waals surface area contributed by atoms with Crippen molar-refractivity contribution in [1.29, 1.82) is 10.5 Å². The van der Waals surface area contributed by atoms with Gasteiger partial charge in [0.2, 0.25) is 0 Å². The fourth-order valence-corrected chi connectivity index (χ4v) is 1.23. The highest BCUT2D eigenvalue weighted by Crippen LogP contribution is 2.29. The number of benzene rings is 1. The molecule has 0 atom stereocenters. The van der Waals surface area contributed by atoms with E-state index in [4.69, 9.17) is 16.3 Å². The molecule has 0 aromatic heterocycles. The number of halogens is 3. The monoisotopic (exact) mass is 295 g/mol. The highest BCUT2D eigenvalue weighted by atomic mass is 19.4. The molecule has 21 heavy (non-hydrogen) atoms. The molecule has 1 aromatic carbocycles. The van der Waals surface area contributed by atoms with Gasteiger partial charge in [-0.05, 0) is 24.3 Å². The topological polar surface area (TPSA) is 115 Å². The Morgan fingerprint density at radius 3 is 2.14 bits per heavy atom. The van der Waals surface area contributed by atoms with E-state index in [2.05, 4.69) is 5.32 Å². The number of alkyl halides is 3. The van der Waals surface area contributed by atoms with Crippen molar-refractivity contribution in [1.82, 2.24) is 5.32 Å². The molecule has 108 valence electrons. The molecule has 0 aliphatic rings. The average molecular weight is 295 g/mol. The average Bonchev–Trinajstić information content (AvgIpc) is 2.43. The summed E-state index contributed by atoms with van der Waals surface area (Å²) in [5, 5.41) is 21.4. The minimum atomic E-state index is -4.47. The molecule has 9 heteroatoms. The van der Waals surface area contributed by atoms with E-state index >= 15 is 0 Å². The second kappa shape index (κ2) is 6.30. The molecule has 4 N–H and O–H groups in total. The molecule has 0 saturated heterocycles. The number of anilines is 1. The molecular formula is C12H8F3N5O. The van der Waals surface area contributed by atoms with Crippen LogP contribution in [0.1, 0.15) is 5.56 Å². The first-order valence-electron chi connectivity index (χ1n) is 5.33. The third-order valence-electron chi connectivity index (χ3n) is 2.21. The van der Waals surface area contributed by atoms with Crippen molar-refractivity contribution in [3.8, 4) is 12.1 Å². The van der Waals surface area contributed by atoms with Crippen molar-refractivity contribution in [3.63, 3.8) is 0 Å². The summed E-state index contributed by atoms with van der Waals surface area (Å²) in [7, 11) is 0. The lowest BCUT2D eigenvalue weighted by Gasteiger charge is -2.09. The van der Waals surface area contributed by atoms with Crippen LogP contribution in [-0.2, 0) is 6.18 Å². The zero-order chi connectivity index (χ0) is 16.0. The van der Waals surface area contributed by atoms with Gasteiger partial charge in [0.05, 0.1) is 5.56 Å². The van der Waals surface area contributed by atoms with Crippen molar-refractivity contribution < 1.29 is 18.0 Å². The molecule has 2 amide bonds. The van der Waals surface area contributed by atoms with Gasteiger partial charge < -0.3 is 11.1 Å². The van der Waals surface area contributed by atoms with Crippen molar-refractivity contribution in [2.75, 3.05) is 5.32 Å². The number of nitrogens with zero attached hydrogens (tertiary/aromatic N) is 2. The Balaban J connectivity index is 2.77. The maximum absolute atomic E-state index is 12.3. The molecule has 0 aliphatic heterocycles. The number of hydrogen-bond donors (Lipinski definition) is 3. The number of rotatable bonds is 2. The van der Waals surface area contributed by atoms with Gasteiger partial charge in [-0.1, -0.05) is 0 Å². The van der Waals surface area contributed by atoms with E-state index in [1.54, 1.807) is 0 Å².